The molecule has 4 nitrogen and oxygen atoms in total. The van der Waals surface area contributed by atoms with Gasteiger partial charge in [-0.05, 0) is 49.0 Å². The average Bonchev–Trinajstić information content (AvgIpc) is 3.15. The van der Waals surface area contributed by atoms with Crippen LogP contribution in [0.3, 0.4) is 0 Å². The van der Waals surface area contributed by atoms with Crippen molar-refractivity contribution in [2.75, 3.05) is 13.2 Å². The van der Waals surface area contributed by atoms with Gasteiger partial charge in [-0.25, -0.2) is 4.99 Å². The lowest BCUT2D eigenvalue weighted by atomic mass is 9.84. The quantitative estimate of drug-likeness (QED) is 0.659. The van der Waals surface area contributed by atoms with Gasteiger partial charge in [-0.2, -0.15) is 0 Å². The highest BCUT2D eigenvalue weighted by molar-refractivity contribution is 5.78. The van der Waals surface area contributed by atoms with E-state index in [0.29, 0.717) is 12.6 Å². The summed E-state index contributed by atoms with van der Waals surface area (Å²) in [6, 6.07) is 9.92. The SMILES string of the molecule is CCCCC1C=CN=C2O[C@H](COc3ccc(C4CCCCC4)cc3)CN21. The van der Waals surface area contributed by atoms with Gasteiger partial charge in [0.05, 0.1) is 12.6 Å². The van der Waals surface area contributed by atoms with Crippen LogP contribution in [0.2, 0.25) is 0 Å². The van der Waals surface area contributed by atoms with Crippen molar-refractivity contribution in [2.24, 2.45) is 4.99 Å². The maximum Gasteiger partial charge on any atom is 0.293 e. The third kappa shape index (κ3) is 4.48. The molecule has 2 heterocycles. The first-order valence-electron chi connectivity index (χ1n) is 10.7. The summed E-state index contributed by atoms with van der Waals surface area (Å²) in [5.74, 6) is 1.68. The van der Waals surface area contributed by atoms with Crippen LogP contribution in [0, 0.1) is 0 Å². The zero-order valence-electron chi connectivity index (χ0n) is 16.5. The van der Waals surface area contributed by atoms with Crippen LogP contribution in [0.4, 0.5) is 0 Å². The van der Waals surface area contributed by atoms with E-state index in [-0.39, 0.29) is 6.10 Å². The van der Waals surface area contributed by atoms with Gasteiger partial charge < -0.3 is 14.4 Å². The van der Waals surface area contributed by atoms with Gasteiger partial charge in [0.15, 0.2) is 6.10 Å². The van der Waals surface area contributed by atoms with Crippen LogP contribution in [0.15, 0.2) is 41.5 Å². The van der Waals surface area contributed by atoms with E-state index in [1.165, 1.54) is 50.5 Å². The van der Waals surface area contributed by atoms with Crippen LogP contribution in [0.5, 0.6) is 5.75 Å². The number of nitrogens with zero attached hydrogens (tertiary/aromatic N) is 2. The summed E-state index contributed by atoms with van der Waals surface area (Å²) >= 11 is 0. The minimum Gasteiger partial charge on any atom is -0.490 e. The topological polar surface area (TPSA) is 34.1 Å². The Morgan fingerprint density at radius 3 is 2.74 bits per heavy atom. The molecule has 3 aliphatic rings. The first-order valence-corrected chi connectivity index (χ1v) is 10.7. The van der Waals surface area contributed by atoms with Gasteiger partial charge in [-0.3, -0.25) is 0 Å². The number of amidine groups is 1. The number of unbranched alkanes of at least 4 members (excludes halogenated alkanes) is 1. The van der Waals surface area contributed by atoms with E-state index < -0.39 is 0 Å². The zero-order valence-corrected chi connectivity index (χ0v) is 16.5. The molecule has 0 bridgehead atoms. The number of ether oxygens (including phenoxy) is 2. The predicted octanol–water partition coefficient (Wildman–Crippen LogP) is 5.26. The van der Waals surface area contributed by atoms with Crippen molar-refractivity contribution in [1.29, 1.82) is 0 Å². The van der Waals surface area contributed by atoms with Gasteiger partial charge in [0.2, 0.25) is 0 Å². The van der Waals surface area contributed by atoms with Crippen LogP contribution in [-0.4, -0.2) is 36.2 Å². The van der Waals surface area contributed by atoms with Gasteiger partial charge in [0, 0.05) is 6.20 Å². The van der Waals surface area contributed by atoms with Gasteiger partial charge in [-0.15, -0.1) is 0 Å². The van der Waals surface area contributed by atoms with Crippen molar-refractivity contribution in [3.05, 3.63) is 42.1 Å². The van der Waals surface area contributed by atoms with Crippen molar-refractivity contribution in [3.8, 4) is 5.75 Å². The van der Waals surface area contributed by atoms with E-state index in [1.54, 1.807) is 0 Å². The second-order valence-electron chi connectivity index (χ2n) is 8.07. The lowest BCUT2D eigenvalue weighted by molar-refractivity contribution is 0.145. The third-order valence-corrected chi connectivity index (χ3v) is 6.06. The molecule has 0 radical (unpaired) electrons. The molecule has 4 heteroatoms. The number of aliphatic imine (C=N–C) groups is 1. The van der Waals surface area contributed by atoms with Crippen LogP contribution >= 0.6 is 0 Å². The van der Waals surface area contributed by atoms with E-state index in [4.69, 9.17) is 9.47 Å². The van der Waals surface area contributed by atoms with Crippen molar-refractivity contribution in [2.45, 2.75) is 76.4 Å². The maximum absolute atomic E-state index is 6.03. The Kier molecular flexibility index (Phi) is 6.00. The van der Waals surface area contributed by atoms with E-state index >= 15 is 0 Å². The standard InChI is InChI=1S/C23H32N2O2/c1-2-3-9-20-14-15-24-23-25(20)16-22(27-23)17-26-21-12-10-19(11-13-21)18-7-5-4-6-8-18/h10-15,18,20,22H,2-9,16-17H2,1H3/t20?,22-/m0/s1. The van der Waals surface area contributed by atoms with Gasteiger partial charge >= 0.3 is 0 Å². The van der Waals surface area contributed by atoms with Gasteiger partial charge in [-0.1, -0.05) is 51.2 Å². The molecule has 2 aliphatic heterocycles. The molecular formula is C23H32N2O2. The highest BCUT2D eigenvalue weighted by atomic mass is 16.6. The van der Waals surface area contributed by atoms with Gasteiger partial charge in [0.1, 0.15) is 12.4 Å². The highest BCUT2D eigenvalue weighted by Crippen LogP contribution is 2.33. The molecule has 0 aromatic heterocycles. The fraction of sp³-hybridized carbons (Fsp3) is 0.609. The molecule has 2 fully saturated rings. The molecule has 1 unspecified atom stereocenters. The maximum atomic E-state index is 6.03. The number of fused-ring (bicyclic) bond motifs is 1. The summed E-state index contributed by atoms with van der Waals surface area (Å²) in [4.78, 5) is 6.69. The van der Waals surface area contributed by atoms with Gasteiger partial charge in [0.25, 0.3) is 6.02 Å². The molecule has 1 saturated heterocycles. The first kappa shape index (κ1) is 18.4. The first-order chi connectivity index (χ1) is 13.3. The molecule has 146 valence electrons. The summed E-state index contributed by atoms with van der Waals surface area (Å²) in [7, 11) is 0. The highest BCUT2D eigenvalue weighted by Gasteiger charge is 2.35. The second-order valence-corrected chi connectivity index (χ2v) is 8.07. The zero-order chi connectivity index (χ0) is 18.5. The van der Waals surface area contributed by atoms with Crippen LogP contribution < -0.4 is 4.74 Å². The Bertz CT molecular complexity index is 661. The molecule has 2 atom stereocenters. The molecule has 27 heavy (non-hydrogen) atoms. The fourth-order valence-electron chi connectivity index (χ4n) is 4.46. The minimum absolute atomic E-state index is 0.0470. The average molecular weight is 369 g/mol. The van der Waals surface area contributed by atoms with Crippen molar-refractivity contribution >= 4 is 6.02 Å². The summed E-state index contributed by atoms with van der Waals surface area (Å²) in [6.45, 7) is 3.66. The number of benzene rings is 1. The second kappa shape index (κ2) is 8.81. The summed E-state index contributed by atoms with van der Waals surface area (Å²) < 4.78 is 12.0. The minimum atomic E-state index is 0.0470. The monoisotopic (exact) mass is 368 g/mol. The summed E-state index contributed by atoms with van der Waals surface area (Å²) in [6.07, 6.45) is 14.5. The van der Waals surface area contributed by atoms with E-state index in [0.717, 1.165) is 30.7 Å². The summed E-state index contributed by atoms with van der Waals surface area (Å²) in [5.41, 5.74) is 1.47. The number of hydrogen-bond donors (Lipinski definition) is 0. The number of hydrogen-bond acceptors (Lipinski definition) is 4. The van der Waals surface area contributed by atoms with E-state index in [1.807, 2.05) is 6.20 Å². The van der Waals surface area contributed by atoms with Crippen LogP contribution in [0.25, 0.3) is 0 Å². The van der Waals surface area contributed by atoms with Crippen molar-refractivity contribution < 1.29 is 9.47 Å². The van der Waals surface area contributed by atoms with E-state index in [9.17, 15) is 0 Å². The largest absolute Gasteiger partial charge is 0.490 e. The van der Waals surface area contributed by atoms with Crippen LogP contribution in [-0.2, 0) is 4.74 Å². The Balaban J connectivity index is 1.28. The Labute approximate surface area is 163 Å². The number of rotatable bonds is 7. The summed E-state index contributed by atoms with van der Waals surface area (Å²) in [5, 5.41) is 0. The van der Waals surface area contributed by atoms with Crippen molar-refractivity contribution in [1.82, 2.24) is 4.90 Å². The molecular weight excluding hydrogens is 336 g/mol. The smallest absolute Gasteiger partial charge is 0.293 e. The Hall–Kier alpha value is -1.97. The lowest BCUT2D eigenvalue weighted by Crippen LogP contribution is -2.37. The fourth-order valence-corrected chi connectivity index (χ4v) is 4.46. The van der Waals surface area contributed by atoms with Crippen molar-refractivity contribution in [3.63, 3.8) is 0 Å². The molecule has 1 aromatic rings. The van der Waals surface area contributed by atoms with Crippen LogP contribution in [0.1, 0.15) is 69.8 Å². The third-order valence-electron chi connectivity index (χ3n) is 6.06. The Morgan fingerprint density at radius 1 is 1.15 bits per heavy atom. The lowest BCUT2D eigenvalue weighted by Gasteiger charge is -2.26. The molecule has 0 amide bonds. The Morgan fingerprint density at radius 2 is 1.96 bits per heavy atom. The predicted molar refractivity (Wildman–Crippen MR) is 109 cm³/mol. The molecule has 0 N–H and O–H groups in total. The normalized spacial score (nSPS) is 25.1. The molecule has 4 rings (SSSR count). The molecule has 0 spiro atoms. The van der Waals surface area contributed by atoms with E-state index in [2.05, 4.69) is 47.2 Å². The molecule has 1 aromatic carbocycles. The molecule has 1 aliphatic carbocycles. The molecule has 1 saturated carbocycles.